The molecule has 1 N–H and O–H groups in total. The average molecular weight is 338 g/mol. The molecule has 1 fully saturated rings. The van der Waals surface area contributed by atoms with E-state index < -0.39 is 5.72 Å². The summed E-state index contributed by atoms with van der Waals surface area (Å²) in [6.45, 7) is 6.03. The Balaban J connectivity index is 1.84. The van der Waals surface area contributed by atoms with Gasteiger partial charge in [0, 0.05) is 17.7 Å². The number of rotatable bonds is 2. The molecule has 2 atom stereocenters. The van der Waals surface area contributed by atoms with Crippen LogP contribution >= 0.6 is 0 Å². The van der Waals surface area contributed by atoms with Crippen molar-refractivity contribution < 1.29 is 14.3 Å². The van der Waals surface area contributed by atoms with Crippen molar-refractivity contribution in [1.29, 1.82) is 0 Å². The minimum Gasteiger partial charge on any atom is -0.493 e. The number of carbonyl (C=O) groups excluding carboxylic acids is 1. The minimum atomic E-state index is -0.769. The number of ether oxygens (including phenoxy) is 2. The van der Waals surface area contributed by atoms with Crippen LogP contribution in [0.5, 0.6) is 11.5 Å². The van der Waals surface area contributed by atoms with Gasteiger partial charge in [-0.15, -0.1) is 0 Å². The summed E-state index contributed by atoms with van der Waals surface area (Å²) in [7, 11) is 1.63. The lowest BCUT2D eigenvalue weighted by Crippen LogP contribution is -2.65. The predicted octanol–water partition coefficient (Wildman–Crippen LogP) is 4.08. The molecule has 0 saturated carbocycles. The highest BCUT2D eigenvalue weighted by molar-refractivity contribution is 5.95. The van der Waals surface area contributed by atoms with E-state index in [2.05, 4.69) is 11.4 Å². The van der Waals surface area contributed by atoms with Gasteiger partial charge in [0.1, 0.15) is 0 Å². The maximum Gasteiger partial charge on any atom is 0.325 e. The van der Waals surface area contributed by atoms with E-state index in [1.165, 1.54) is 0 Å². The Morgan fingerprint density at radius 3 is 2.64 bits per heavy atom. The van der Waals surface area contributed by atoms with E-state index in [1.807, 2.05) is 51.1 Å². The highest BCUT2D eigenvalue weighted by Gasteiger charge is 2.50. The van der Waals surface area contributed by atoms with Crippen molar-refractivity contribution in [2.45, 2.75) is 39.0 Å². The number of urea groups is 1. The molecule has 2 aliphatic heterocycles. The molecule has 0 aliphatic carbocycles. The Labute approximate surface area is 147 Å². The summed E-state index contributed by atoms with van der Waals surface area (Å²) < 4.78 is 11.8. The Morgan fingerprint density at radius 2 is 1.96 bits per heavy atom. The van der Waals surface area contributed by atoms with Crippen LogP contribution in [-0.2, 0) is 0 Å². The molecular formula is C20H22N2O3. The van der Waals surface area contributed by atoms with Gasteiger partial charge in [0.05, 0.1) is 13.2 Å². The van der Waals surface area contributed by atoms with Crippen LogP contribution in [0.15, 0.2) is 36.4 Å². The molecule has 2 bridgehead atoms. The van der Waals surface area contributed by atoms with E-state index in [9.17, 15) is 4.79 Å². The number of nitrogens with one attached hydrogen (secondary N) is 1. The Morgan fingerprint density at radius 1 is 1.24 bits per heavy atom. The summed E-state index contributed by atoms with van der Waals surface area (Å²) in [6.07, 6.45) is 0.673. The Kier molecular flexibility index (Phi) is 3.42. The monoisotopic (exact) mass is 338 g/mol. The second-order valence-corrected chi connectivity index (χ2v) is 7.04. The summed E-state index contributed by atoms with van der Waals surface area (Å²) in [5, 5.41) is 3.12. The molecule has 130 valence electrons. The van der Waals surface area contributed by atoms with Gasteiger partial charge in [0.2, 0.25) is 0 Å². The van der Waals surface area contributed by atoms with E-state index in [0.717, 1.165) is 22.4 Å². The first-order valence-electron chi connectivity index (χ1n) is 8.46. The summed E-state index contributed by atoms with van der Waals surface area (Å²) in [5.41, 5.74) is 3.26. The van der Waals surface area contributed by atoms with Crippen molar-refractivity contribution >= 4 is 11.7 Å². The van der Waals surface area contributed by atoms with Gasteiger partial charge < -0.3 is 14.8 Å². The number of nitrogens with zero attached hydrogens (tertiary/aromatic N) is 1. The van der Waals surface area contributed by atoms with Gasteiger partial charge in [-0.2, -0.15) is 0 Å². The minimum absolute atomic E-state index is 0.0847. The Hall–Kier alpha value is -2.69. The standard InChI is InChI=1S/C20H22N2O3/c1-12-8-13(2)10-14(9-12)22-19(23)21-16-11-20(22,3)25-18-15(16)6-5-7-17(18)24-4/h5-10,16H,11H2,1-4H3,(H,21,23). The second kappa shape index (κ2) is 5.41. The van der Waals surface area contributed by atoms with Crippen molar-refractivity contribution in [1.82, 2.24) is 5.32 Å². The summed E-state index contributed by atoms with van der Waals surface area (Å²) in [4.78, 5) is 14.6. The zero-order valence-electron chi connectivity index (χ0n) is 14.9. The number of fused-ring (bicyclic) bond motifs is 4. The van der Waals surface area contributed by atoms with Gasteiger partial charge in [0.15, 0.2) is 17.2 Å². The molecule has 0 spiro atoms. The van der Waals surface area contributed by atoms with Crippen LogP contribution in [-0.4, -0.2) is 18.9 Å². The van der Waals surface area contributed by atoms with Crippen LogP contribution in [0.4, 0.5) is 10.5 Å². The summed E-state index contributed by atoms with van der Waals surface area (Å²) in [5.74, 6) is 1.39. The van der Waals surface area contributed by atoms with Crippen molar-refractivity contribution in [2.24, 2.45) is 0 Å². The Bertz CT molecular complexity index is 844. The highest BCUT2D eigenvalue weighted by Crippen LogP contribution is 2.49. The van der Waals surface area contributed by atoms with Crippen LogP contribution in [0, 0.1) is 13.8 Å². The van der Waals surface area contributed by atoms with Gasteiger partial charge in [-0.25, -0.2) is 4.79 Å². The van der Waals surface area contributed by atoms with Crippen LogP contribution in [0.2, 0.25) is 0 Å². The molecule has 2 heterocycles. The second-order valence-electron chi connectivity index (χ2n) is 7.04. The van der Waals surface area contributed by atoms with Crippen LogP contribution in [0.3, 0.4) is 0 Å². The summed E-state index contributed by atoms with van der Waals surface area (Å²) in [6, 6.07) is 11.7. The van der Waals surface area contributed by atoms with Gasteiger partial charge in [0.25, 0.3) is 0 Å². The smallest absolute Gasteiger partial charge is 0.325 e. The molecule has 2 aromatic carbocycles. The third kappa shape index (κ3) is 2.42. The number of hydrogen-bond donors (Lipinski definition) is 1. The lowest BCUT2D eigenvalue weighted by Gasteiger charge is -2.50. The normalized spacial score (nSPS) is 24.2. The largest absolute Gasteiger partial charge is 0.493 e. The quantitative estimate of drug-likeness (QED) is 0.897. The number of methoxy groups -OCH3 is 1. The SMILES string of the molecule is COc1cccc2c1OC1(C)CC2NC(=O)N1c1cc(C)cc(C)c1. The average Bonchev–Trinajstić information content (AvgIpc) is 2.52. The topological polar surface area (TPSA) is 50.8 Å². The van der Waals surface area contributed by atoms with Crippen LogP contribution in [0.25, 0.3) is 0 Å². The lowest BCUT2D eigenvalue weighted by molar-refractivity contribution is 0.0349. The van der Waals surface area contributed by atoms with Gasteiger partial charge >= 0.3 is 6.03 Å². The van der Waals surface area contributed by atoms with Gasteiger partial charge in [-0.1, -0.05) is 18.2 Å². The van der Waals surface area contributed by atoms with E-state index in [0.29, 0.717) is 17.9 Å². The van der Waals surface area contributed by atoms with Crippen LogP contribution < -0.4 is 19.7 Å². The van der Waals surface area contributed by atoms with Crippen molar-refractivity contribution in [3.05, 3.63) is 53.1 Å². The van der Waals surface area contributed by atoms with E-state index >= 15 is 0 Å². The number of benzene rings is 2. The predicted molar refractivity (Wildman–Crippen MR) is 96.3 cm³/mol. The third-order valence-electron chi connectivity index (χ3n) is 4.95. The number of hydrogen-bond acceptors (Lipinski definition) is 3. The zero-order chi connectivity index (χ0) is 17.8. The van der Waals surface area contributed by atoms with Crippen molar-refractivity contribution in [3.8, 4) is 11.5 Å². The molecule has 4 rings (SSSR count). The van der Waals surface area contributed by atoms with Gasteiger partial charge in [-0.05, 0) is 50.1 Å². The molecule has 2 amide bonds. The first-order valence-corrected chi connectivity index (χ1v) is 8.46. The molecule has 0 radical (unpaired) electrons. The number of carbonyl (C=O) groups is 1. The lowest BCUT2D eigenvalue weighted by atomic mass is 9.89. The van der Waals surface area contributed by atoms with Crippen molar-refractivity contribution in [3.63, 3.8) is 0 Å². The number of aryl methyl sites for hydroxylation is 2. The molecule has 2 aromatic rings. The number of anilines is 1. The fourth-order valence-corrected chi connectivity index (χ4v) is 3.99. The van der Waals surface area contributed by atoms with E-state index in [4.69, 9.17) is 9.47 Å². The molecule has 2 aliphatic rings. The molecule has 25 heavy (non-hydrogen) atoms. The first kappa shape index (κ1) is 15.8. The summed E-state index contributed by atoms with van der Waals surface area (Å²) >= 11 is 0. The third-order valence-corrected chi connectivity index (χ3v) is 4.95. The first-order chi connectivity index (χ1) is 11.9. The molecule has 2 unspecified atom stereocenters. The highest BCUT2D eigenvalue weighted by atomic mass is 16.5. The zero-order valence-corrected chi connectivity index (χ0v) is 14.9. The molecule has 5 heteroatoms. The van der Waals surface area contributed by atoms with E-state index in [-0.39, 0.29) is 12.1 Å². The van der Waals surface area contributed by atoms with E-state index in [1.54, 1.807) is 12.0 Å². The fourth-order valence-electron chi connectivity index (χ4n) is 3.99. The van der Waals surface area contributed by atoms with Gasteiger partial charge in [-0.3, -0.25) is 4.90 Å². The molecule has 1 saturated heterocycles. The fraction of sp³-hybridized carbons (Fsp3) is 0.350. The molecular weight excluding hydrogens is 316 g/mol. The number of para-hydroxylation sites is 1. The maximum atomic E-state index is 12.9. The molecule has 0 aromatic heterocycles. The maximum absolute atomic E-state index is 12.9. The van der Waals surface area contributed by atoms with Crippen molar-refractivity contribution in [2.75, 3.05) is 12.0 Å². The number of amides is 2. The molecule has 5 nitrogen and oxygen atoms in total. The van der Waals surface area contributed by atoms with Crippen LogP contribution in [0.1, 0.15) is 36.1 Å².